The molecule has 0 atom stereocenters. The molecule has 0 unspecified atom stereocenters. The Hall–Kier alpha value is -0.610. The van der Waals surface area contributed by atoms with E-state index in [1.54, 1.807) is 0 Å². The van der Waals surface area contributed by atoms with E-state index in [2.05, 4.69) is 18.7 Å². The van der Waals surface area contributed by atoms with Gasteiger partial charge in [-0.25, -0.2) is 0 Å². The first-order valence-corrected chi connectivity index (χ1v) is 6.38. The zero-order valence-corrected chi connectivity index (χ0v) is 10.4. The molecular weight excluding hydrogens is 202 g/mol. The van der Waals surface area contributed by atoms with Crippen LogP contribution in [-0.2, 0) is 4.79 Å². The van der Waals surface area contributed by atoms with E-state index < -0.39 is 0 Å². The maximum absolute atomic E-state index is 12.0. The highest BCUT2D eigenvalue weighted by molar-refractivity contribution is 5.79. The monoisotopic (exact) mass is 225 g/mol. The van der Waals surface area contributed by atoms with E-state index >= 15 is 0 Å². The van der Waals surface area contributed by atoms with Gasteiger partial charge in [-0.1, -0.05) is 6.92 Å². The van der Waals surface area contributed by atoms with Gasteiger partial charge in [-0.2, -0.15) is 0 Å². The minimum absolute atomic E-state index is 0.0308. The number of amides is 1. The Morgan fingerprint density at radius 3 is 2.50 bits per heavy atom. The average Bonchev–Trinajstić information content (AvgIpc) is 3.00. The summed E-state index contributed by atoms with van der Waals surface area (Å²) in [5.74, 6) is 0.281. The summed E-state index contributed by atoms with van der Waals surface area (Å²) in [7, 11) is 0. The predicted octanol–water partition coefficient (Wildman–Crippen LogP) is 0.420. The van der Waals surface area contributed by atoms with Gasteiger partial charge in [0.25, 0.3) is 0 Å². The Morgan fingerprint density at radius 2 is 2.06 bits per heavy atom. The van der Waals surface area contributed by atoms with E-state index in [4.69, 9.17) is 5.73 Å². The van der Waals surface area contributed by atoms with E-state index in [-0.39, 0.29) is 11.4 Å². The van der Waals surface area contributed by atoms with E-state index in [0.29, 0.717) is 12.6 Å². The Morgan fingerprint density at radius 1 is 1.44 bits per heavy atom. The molecule has 16 heavy (non-hydrogen) atoms. The lowest BCUT2D eigenvalue weighted by atomic mass is 9.88. The minimum Gasteiger partial charge on any atom is -0.339 e. The van der Waals surface area contributed by atoms with Gasteiger partial charge >= 0.3 is 0 Å². The number of rotatable bonds is 5. The van der Waals surface area contributed by atoms with Crippen LogP contribution in [0.5, 0.6) is 0 Å². The molecule has 4 nitrogen and oxygen atoms in total. The maximum Gasteiger partial charge on any atom is 0.236 e. The van der Waals surface area contributed by atoms with Gasteiger partial charge in [0.2, 0.25) is 5.91 Å². The van der Waals surface area contributed by atoms with Crippen molar-refractivity contribution < 1.29 is 4.79 Å². The van der Waals surface area contributed by atoms with E-state index in [0.717, 1.165) is 26.1 Å². The third-order valence-electron chi connectivity index (χ3n) is 3.79. The summed E-state index contributed by atoms with van der Waals surface area (Å²) in [6.07, 6.45) is 3.38. The number of carbonyl (C=O) groups excluding carboxylic acids is 1. The van der Waals surface area contributed by atoms with Crippen molar-refractivity contribution in [3.63, 3.8) is 0 Å². The number of carbonyl (C=O) groups is 1. The Balaban J connectivity index is 1.76. The highest BCUT2D eigenvalue weighted by Gasteiger charge is 2.40. The SMILES string of the molecule is CCN(C(=O)CN1CC(N)(CC)C1)C1CC1. The zero-order valence-electron chi connectivity index (χ0n) is 10.4. The molecule has 1 saturated carbocycles. The fraction of sp³-hybridized carbons (Fsp3) is 0.917. The van der Waals surface area contributed by atoms with Gasteiger partial charge in [0.05, 0.1) is 6.54 Å². The summed E-state index contributed by atoms with van der Waals surface area (Å²) in [5, 5.41) is 0. The fourth-order valence-corrected chi connectivity index (χ4v) is 2.49. The second-order valence-corrected chi connectivity index (χ2v) is 5.27. The van der Waals surface area contributed by atoms with Gasteiger partial charge in [-0.15, -0.1) is 0 Å². The van der Waals surface area contributed by atoms with Crippen molar-refractivity contribution >= 4 is 5.91 Å². The van der Waals surface area contributed by atoms with Crippen molar-refractivity contribution in [2.75, 3.05) is 26.2 Å². The molecular formula is C12H23N3O. The first-order valence-electron chi connectivity index (χ1n) is 6.38. The molecule has 0 spiro atoms. The van der Waals surface area contributed by atoms with Gasteiger partial charge < -0.3 is 10.6 Å². The molecule has 4 heteroatoms. The molecule has 2 aliphatic rings. The quantitative estimate of drug-likeness (QED) is 0.738. The molecule has 2 N–H and O–H groups in total. The number of hydrogen-bond donors (Lipinski definition) is 1. The summed E-state index contributed by atoms with van der Waals surface area (Å²) in [5.41, 5.74) is 6.05. The van der Waals surface area contributed by atoms with Gasteiger partial charge in [-0.3, -0.25) is 9.69 Å². The van der Waals surface area contributed by atoms with E-state index in [1.807, 2.05) is 4.90 Å². The molecule has 0 bridgehead atoms. The summed E-state index contributed by atoms with van der Waals surface area (Å²) >= 11 is 0. The number of nitrogens with zero attached hydrogens (tertiary/aromatic N) is 2. The van der Waals surface area contributed by atoms with Gasteiger partial charge in [0.15, 0.2) is 0 Å². The molecule has 1 saturated heterocycles. The zero-order chi connectivity index (χ0) is 11.8. The van der Waals surface area contributed by atoms with Crippen LogP contribution in [0.4, 0.5) is 0 Å². The van der Waals surface area contributed by atoms with Crippen LogP contribution in [0.15, 0.2) is 0 Å². The fourth-order valence-electron chi connectivity index (χ4n) is 2.49. The molecule has 1 aliphatic carbocycles. The normalized spacial score (nSPS) is 23.9. The van der Waals surface area contributed by atoms with Crippen LogP contribution < -0.4 is 5.73 Å². The lowest BCUT2D eigenvalue weighted by Gasteiger charge is -2.47. The molecule has 1 amide bonds. The molecule has 0 radical (unpaired) electrons. The van der Waals surface area contributed by atoms with Gasteiger partial charge in [0, 0.05) is 31.2 Å². The van der Waals surface area contributed by atoms with Gasteiger partial charge in [0.1, 0.15) is 0 Å². The second-order valence-electron chi connectivity index (χ2n) is 5.27. The first-order chi connectivity index (χ1) is 7.58. The van der Waals surface area contributed by atoms with Crippen molar-refractivity contribution in [3.8, 4) is 0 Å². The molecule has 0 aromatic rings. The topological polar surface area (TPSA) is 49.6 Å². The van der Waals surface area contributed by atoms with Crippen LogP contribution in [0.1, 0.15) is 33.1 Å². The Labute approximate surface area is 97.8 Å². The van der Waals surface area contributed by atoms with Crippen molar-refractivity contribution in [3.05, 3.63) is 0 Å². The largest absolute Gasteiger partial charge is 0.339 e. The summed E-state index contributed by atoms with van der Waals surface area (Å²) < 4.78 is 0. The lowest BCUT2D eigenvalue weighted by Crippen LogP contribution is -2.68. The minimum atomic E-state index is -0.0308. The van der Waals surface area contributed by atoms with Crippen LogP contribution >= 0.6 is 0 Å². The van der Waals surface area contributed by atoms with Gasteiger partial charge in [-0.05, 0) is 26.2 Å². The number of likely N-dealkylation sites (N-methyl/N-ethyl adjacent to an activating group) is 1. The predicted molar refractivity (Wildman–Crippen MR) is 64.1 cm³/mol. The smallest absolute Gasteiger partial charge is 0.236 e. The molecule has 2 rings (SSSR count). The van der Waals surface area contributed by atoms with Crippen LogP contribution in [0, 0.1) is 0 Å². The van der Waals surface area contributed by atoms with Crippen molar-refractivity contribution in [1.29, 1.82) is 0 Å². The average molecular weight is 225 g/mol. The van der Waals surface area contributed by atoms with E-state index in [1.165, 1.54) is 12.8 Å². The van der Waals surface area contributed by atoms with Crippen LogP contribution in [-0.4, -0.2) is 53.5 Å². The highest BCUT2D eigenvalue weighted by Crippen LogP contribution is 2.27. The lowest BCUT2D eigenvalue weighted by molar-refractivity contribution is -0.134. The Bertz CT molecular complexity index is 269. The maximum atomic E-state index is 12.0. The number of hydrogen-bond acceptors (Lipinski definition) is 3. The van der Waals surface area contributed by atoms with Crippen LogP contribution in [0.25, 0.3) is 0 Å². The molecule has 0 aromatic heterocycles. The van der Waals surface area contributed by atoms with E-state index in [9.17, 15) is 4.79 Å². The highest BCUT2D eigenvalue weighted by atomic mass is 16.2. The first kappa shape index (κ1) is 11.9. The molecule has 0 aromatic carbocycles. The number of nitrogens with two attached hydrogens (primary N) is 1. The standard InChI is InChI=1S/C12H23N3O/c1-3-12(13)8-14(9-12)7-11(16)15(4-2)10-5-6-10/h10H,3-9,13H2,1-2H3. The molecule has 92 valence electrons. The molecule has 2 fully saturated rings. The summed E-state index contributed by atoms with van der Waals surface area (Å²) in [4.78, 5) is 16.2. The summed E-state index contributed by atoms with van der Waals surface area (Å²) in [6, 6.07) is 0.535. The third-order valence-corrected chi connectivity index (χ3v) is 3.79. The summed E-state index contributed by atoms with van der Waals surface area (Å²) in [6.45, 7) is 7.32. The molecule has 1 aliphatic heterocycles. The Kier molecular flexibility index (Phi) is 3.22. The van der Waals surface area contributed by atoms with Crippen molar-refractivity contribution in [2.45, 2.75) is 44.7 Å². The van der Waals surface area contributed by atoms with Crippen LogP contribution in [0.2, 0.25) is 0 Å². The van der Waals surface area contributed by atoms with Crippen LogP contribution in [0.3, 0.4) is 0 Å². The third kappa shape index (κ3) is 2.38. The second kappa shape index (κ2) is 4.34. The van der Waals surface area contributed by atoms with Crippen molar-refractivity contribution in [2.24, 2.45) is 5.73 Å². The molecule has 1 heterocycles. The number of likely N-dealkylation sites (tertiary alicyclic amines) is 1. The van der Waals surface area contributed by atoms with Crippen molar-refractivity contribution in [1.82, 2.24) is 9.80 Å².